The van der Waals surface area contributed by atoms with Gasteiger partial charge in [0.2, 0.25) is 0 Å². The van der Waals surface area contributed by atoms with Crippen LogP contribution in [0.5, 0.6) is 5.75 Å². The van der Waals surface area contributed by atoms with E-state index >= 15 is 0 Å². The van der Waals surface area contributed by atoms with Gasteiger partial charge in [0.1, 0.15) is 5.75 Å². The topological polar surface area (TPSA) is 45.7 Å². The first-order valence-electron chi connectivity index (χ1n) is 8.08. The molecule has 0 unspecified atom stereocenters. The van der Waals surface area contributed by atoms with Crippen LogP contribution in [0.2, 0.25) is 0 Å². The highest BCUT2D eigenvalue weighted by molar-refractivity contribution is 7.09. The lowest BCUT2D eigenvalue weighted by Crippen LogP contribution is -2.38. The number of aliphatic imine (C=N–C) groups is 1. The molecule has 124 valence electrons. The van der Waals surface area contributed by atoms with Crippen molar-refractivity contribution < 1.29 is 4.74 Å². The minimum Gasteiger partial charge on any atom is -0.494 e. The molecule has 2 rings (SSSR count). The van der Waals surface area contributed by atoms with Crippen molar-refractivity contribution in [2.75, 3.05) is 19.7 Å². The molecule has 0 saturated heterocycles. The average Bonchev–Trinajstić information content (AvgIpc) is 3.07. The van der Waals surface area contributed by atoms with Gasteiger partial charge in [0.05, 0.1) is 13.2 Å². The number of para-hydroxylation sites is 1. The van der Waals surface area contributed by atoms with Gasteiger partial charge in [-0.25, -0.2) is 4.99 Å². The summed E-state index contributed by atoms with van der Waals surface area (Å²) in [5, 5.41) is 8.78. The summed E-state index contributed by atoms with van der Waals surface area (Å²) in [5.74, 6) is 1.75. The second-order valence-corrected chi connectivity index (χ2v) is 6.02. The van der Waals surface area contributed by atoms with Gasteiger partial charge in [-0.05, 0) is 37.8 Å². The van der Waals surface area contributed by atoms with Gasteiger partial charge in [-0.1, -0.05) is 24.3 Å². The predicted octanol–water partition coefficient (Wildman–Crippen LogP) is 3.44. The van der Waals surface area contributed by atoms with E-state index in [4.69, 9.17) is 4.74 Å². The summed E-state index contributed by atoms with van der Waals surface area (Å²) in [7, 11) is 0. The molecule has 1 aromatic heterocycles. The van der Waals surface area contributed by atoms with E-state index in [1.54, 1.807) is 11.3 Å². The van der Waals surface area contributed by atoms with Crippen LogP contribution in [0.15, 0.2) is 46.8 Å². The lowest BCUT2D eigenvalue weighted by Gasteiger charge is -2.12. The fourth-order valence-corrected chi connectivity index (χ4v) is 2.90. The molecule has 0 aliphatic carbocycles. The zero-order valence-corrected chi connectivity index (χ0v) is 14.7. The van der Waals surface area contributed by atoms with Gasteiger partial charge in [-0.15, -0.1) is 11.3 Å². The first kappa shape index (κ1) is 17.3. The summed E-state index contributed by atoms with van der Waals surface area (Å²) in [6.07, 6.45) is 1.01. The van der Waals surface area contributed by atoms with Crippen molar-refractivity contribution in [2.24, 2.45) is 4.99 Å². The molecule has 0 atom stereocenters. The maximum Gasteiger partial charge on any atom is 0.191 e. The molecule has 0 bridgehead atoms. The van der Waals surface area contributed by atoms with Crippen LogP contribution in [0, 0.1) is 0 Å². The van der Waals surface area contributed by atoms with Crippen LogP contribution in [-0.4, -0.2) is 25.7 Å². The van der Waals surface area contributed by atoms with E-state index in [0.717, 1.165) is 36.8 Å². The van der Waals surface area contributed by atoms with Crippen LogP contribution >= 0.6 is 11.3 Å². The summed E-state index contributed by atoms with van der Waals surface area (Å²) < 4.78 is 5.65. The number of guanidine groups is 1. The molecule has 0 radical (unpaired) electrons. The summed E-state index contributed by atoms with van der Waals surface area (Å²) in [6.45, 7) is 7.06. The number of nitrogens with zero attached hydrogens (tertiary/aromatic N) is 1. The second-order valence-electron chi connectivity index (χ2n) is 4.99. The second kappa shape index (κ2) is 9.90. The molecule has 23 heavy (non-hydrogen) atoms. The number of benzene rings is 1. The Morgan fingerprint density at radius 2 is 2.00 bits per heavy atom. The molecular formula is C18H25N3OS. The molecule has 0 aliphatic heterocycles. The van der Waals surface area contributed by atoms with Crippen LogP contribution in [0.4, 0.5) is 0 Å². The number of hydrogen-bond acceptors (Lipinski definition) is 3. The van der Waals surface area contributed by atoms with Crippen molar-refractivity contribution in [3.8, 4) is 5.75 Å². The van der Waals surface area contributed by atoms with Gasteiger partial charge in [-0.3, -0.25) is 0 Å². The first-order valence-corrected chi connectivity index (χ1v) is 8.96. The predicted molar refractivity (Wildman–Crippen MR) is 98.5 cm³/mol. The van der Waals surface area contributed by atoms with Gasteiger partial charge in [0.25, 0.3) is 0 Å². The number of hydrogen-bond donors (Lipinski definition) is 2. The highest BCUT2D eigenvalue weighted by atomic mass is 32.1. The molecule has 0 fully saturated rings. The van der Waals surface area contributed by atoms with E-state index in [2.05, 4.69) is 46.1 Å². The lowest BCUT2D eigenvalue weighted by atomic mass is 10.2. The lowest BCUT2D eigenvalue weighted by molar-refractivity contribution is 0.336. The zero-order chi connectivity index (χ0) is 16.3. The van der Waals surface area contributed by atoms with E-state index in [-0.39, 0.29) is 0 Å². The molecular weight excluding hydrogens is 306 g/mol. The molecule has 0 saturated carbocycles. The Bertz CT molecular complexity index is 596. The third-order valence-corrected chi connectivity index (χ3v) is 4.20. The summed E-state index contributed by atoms with van der Waals surface area (Å²) in [4.78, 5) is 6.05. The van der Waals surface area contributed by atoms with E-state index in [9.17, 15) is 0 Å². The van der Waals surface area contributed by atoms with Crippen molar-refractivity contribution in [2.45, 2.75) is 26.8 Å². The molecule has 5 heteroatoms. The molecule has 0 spiro atoms. The van der Waals surface area contributed by atoms with Gasteiger partial charge >= 0.3 is 0 Å². The SMILES string of the molecule is CCNC(=NCc1ccccc1OCC)NCCc1cccs1. The van der Waals surface area contributed by atoms with Gasteiger partial charge in [-0.2, -0.15) is 0 Å². The van der Waals surface area contributed by atoms with Crippen molar-refractivity contribution in [3.63, 3.8) is 0 Å². The van der Waals surface area contributed by atoms with Crippen molar-refractivity contribution in [3.05, 3.63) is 52.2 Å². The quantitative estimate of drug-likeness (QED) is 0.575. The van der Waals surface area contributed by atoms with E-state index in [1.807, 2.05) is 25.1 Å². The number of ether oxygens (including phenoxy) is 1. The Morgan fingerprint density at radius 3 is 2.74 bits per heavy atom. The highest BCUT2D eigenvalue weighted by Crippen LogP contribution is 2.18. The standard InChI is InChI=1S/C18H25N3OS/c1-3-19-18(20-12-11-16-9-7-13-23-16)21-14-15-8-5-6-10-17(15)22-4-2/h5-10,13H,3-4,11-12,14H2,1-2H3,(H2,19,20,21). The molecule has 1 heterocycles. The van der Waals surface area contributed by atoms with Crippen LogP contribution < -0.4 is 15.4 Å². The Hall–Kier alpha value is -2.01. The van der Waals surface area contributed by atoms with Gasteiger partial charge in [0.15, 0.2) is 5.96 Å². The van der Waals surface area contributed by atoms with E-state index in [1.165, 1.54) is 4.88 Å². The molecule has 0 amide bonds. The Morgan fingerprint density at radius 1 is 1.13 bits per heavy atom. The maximum atomic E-state index is 5.65. The van der Waals surface area contributed by atoms with Crippen LogP contribution in [0.3, 0.4) is 0 Å². The highest BCUT2D eigenvalue weighted by Gasteiger charge is 2.03. The number of rotatable bonds is 8. The normalized spacial score (nSPS) is 11.3. The summed E-state index contributed by atoms with van der Waals surface area (Å²) in [6, 6.07) is 12.3. The van der Waals surface area contributed by atoms with Crippen LogP contribution in [0.1, 0.15) is 24.3 Å². The monoisotopic (exact) mass is 331 g/mol. The molecule has 2 aromatic rings. The minimum atomic E-state index is 0.602. The number of thiophene rings is 1. The summed E-state index contributed by atoms with van der Waals surface area (Å²) >= 11 is 1.79. The Labute approximate surface area is 142 Å². The zero-order valence-electron chi connectivity index (χ0n) is 13.8. The van der Waals surface area contributed by atoms with Gasteiger partial charge in [0, 0.05) is 23.5 Å². The molecule has 1 aromatic carbocycles. The smallest absolute Gasteiger partial charge is 0.191 e. The third-order valence-electron chi connectivity index (χ3n) is 3.27. The number of nitrogens with one attached hydrogen (secondary N) is 2. The first-order chi connectivity index (χ1) is 11.3. The fraction of sp³-hybridized carbons (Fsp3) is 0.389. The molecule has 4 nitrogen and oxygen atoms in total. The van der Waals surface area contributed by atoms with Crippen molar-refractivity contribution in [1.29, 1.82) is 0 Å². The average molecular weight is 331 g/mol. The largest absolute Gasteiger partial charge is 0.494 e. The van der Waals surface area contributed by atoms with E-state index in [0.29, 0.717) is 13.2 Å². The fourth-order valence-electron chi connectivity index (χ4n) is 2.20. The maximum absolute atomic E-state index is 5.65. The van der Waals surface area contributed by atoms with Crippen LogP contribution in [-0.2, 0) is 13.0 Å². The Balaban J connectivity index is 1.92. The molecule has 0 aliphatic rings. The Kier molecular flexibility index (Phi) is 7.46. The molecule has 2 N–H and O–H groups in total. The summed E-state index contributed by atoms with van der Waals surface area (Å²) in [5.41, 5.74) is 1.10. The van der Waals surface area contributed by atoms with E-state index < -0.39 is 0 Å². The van der Waals surface area contributed by atoms with Crippen LogP contribution in [0.25, 0.3) is 0 Å². The van der Waals surface area contributed by atoms with Gasteiger partial charge < -0.3 is 15.4 Å². The van der Waals surface area contributed by atoms with Crippen molar-refractivity contribution >= 4 is 17.3 Å². The minimum absolute atomic E-state index is 0.602. The van der Waals surface area contributed by atoms with Crippen molar-refractivity contribution in [1.82, 2.24) is 10.6 Å². The third kappa shape index (κ3) is 5.94.